The minimum Gasteiger partial charge on any atom is -0.399 e. The lowest BCUT2D eigenvalue weighted by atomic mass is 10.1. The Bertz CT molecular complexity index is 1390. The number of aryl methyl sites for hydroxylation is 1. The summed E-state index contributed by atoms with van der Waals surface area (Å²) in [6.45, 7) is 2.23. The van der Waals surface area contributed by atoms with Gasteiger partial charge in [0.2, 0.25) is 5.95 Å². The van der Waals surface area contributed by atoms with Crippen LogP contribution >= 0.6 is 0 Å². The normalized spacial score (nSPS) is 12.7. The van der Waals surface area contributed by atoms with Crippen LogP contribution in [0, 0.1) is 0 Å². The fraction of sp³-hybridized carbons (Fsp3) is 0.231. The van der Waals surface area contributed by atoms with Crippen LogP contribution in [0.3, 0.4) is 0 Å². The first-order chi connectivity index (χ1) is 17.0. The van der Waals surface area contributed by atoms with Crippen molar-refractivity contribution < 1.29 is 14.3 Å². The lowest BCUT2D eigenvalue weighted by Crippen LogP contribution is -2.25. The highest BCUT2D eigenvalue weighted by Gasteiger charge is 2.25. The Morgan fingerprint density at radius 3 is 2.54 bits per heavy atom. The van der Waals surface area contributed by atoms with Gasteiger partial charge in [0.25, 0.3) is 11.8 Å². The number of hydrogen-bond acceptors (Lipinski definition) is 6. The van der Waals surface area contributed by atoms with Crippen LogP contribution in [0.1, 0.15) is 38.3 Å². The molecule has 9 heteroatoms. The molecule has 0 spiro atoms. The van der Waals surface area contributed by atoms with Crippen LogP contribution in [0.4, 0.5) is 11.6 Å². The Kier molecular flexibility index (Phi) is 6.15. The molecule has 2 amide bonds. The van der Waals surface area contributed by atoms with Crippen LogP contribution in [0.5, 0.6) is 0 Å². The van der Waals surface area contributed by atoms with Crippen molar-refractivity contribution in [3.63, 3.8) is 0 Å². The van der Waals surface area contributed by atoms with E-state index in [0.717, 1.165) is 11.1 Å². The van der Waals surface area contributed by atoms with Crippen molar-refractivity contribution in [1.29, 1.82) is 0 Å². The van der Waals surface area contributed by atoms with Gasteiger partial charge in [-0.2, -0.15) is 0 Å². The standard InChI is InChI=1S/C26H26N6O3/c1-35-11-5-10-32-23-22(29-26(32)30-24(33)17-8-4-9-21(27)12-17)13-20(14-28-23)25(34)31-15-18-6-2-3-7-19(18)16-31/h2-4,6-9,12-14H,5,10-11,15-16,27H2,1H3,(H,29,30,33). The first-order valence-electron chi connectivity index (χ1n) is 11.4. The zero-order valence-electron chi connectivity index (χ0n) is 19.4. The Labute approximate surface area is 202 Å². The summed E-state index contributed by atoms with van der Waals surface area (Å²) in [7, 11) is 1.64. The molecule has 5 rings (SSSR count). The number of nitrogen functional groups attached to an aromatic ring is 1. The maximum atomic E-state index is 13.2. The number of methoxy groups -OCH3 is 1. The maximum absolute atomic E-state index is 13.2. The number of hydrogen-bond donors (Lipinski definition) is 2. The van der Waals surface area contributed by atoms with Gasteiger partial charge in [0.05, 0.1) is 5.56 Å². The Hall–Kier alpha value is -4.24. The van der Waals surface area contributed by atoms with Crippen molar-refractivity contribution >= 4 is 34.6 Å². The zero-order valence-corrected chi connectivity index (χ0v) is 19.4. The van der Waals surface area contributed by atoms with Gasteiger partial charge in [-0.3, -0.25) is 19.5 Å². The summed E-state index contributed by atoms with van der Waals surface area (Å²) in [4.78, 5) is 37.0. The first kappa shape index (κ1) is 22.5. The summed E-state index contributed by atoms with van der Waals surface area (Å²) in [5.41, 5.74) is 10.6. The van der Waals surface area contributed by atoms with E-state index in [0.29, 0.717) is 66.6 Å². The van der Waals surface area contributed by atoms with Gasteiger partial charge in [-0.25, -0.2) is 9.97 Å². The molecule has 1 aliphatic heterocycles. The van der Waals surface area contributed by atoms with E-state index in [4.69, 9.17) is 10.5 Å². The summed E-state index contributed by atoms with van der Waals surface area (Å²) in [6, 6.07) is 16.5. The topological polar surface area (TPSA) is 115 Å². The second kappa shape index (κ2) is 9.55. The Balaban J connectivity index is 1.43. The number of nitrogens with one attached hydrogen (secondary N) is 1. The van der Waals surface area contributed by atoms with E-state index in [1.165, 1.54) is 0 Å². The zero-order chi connectivity index (χ0) is 24.4. The highest BCUT2D eigenvalue weighted by Crippen LogP contribution is 2.26. The van der Waals surface area contributed by atoms with Gasteiger partial charge < -0.3 is 15.4 Å². The number of fused-ring (bicyclic) bond motifs is 2. The number of nitrogens with zero attached hydrogens (tertiary/aromatic N) is 4. The SMILES string of the molecule is COCCCn1c(NC(=O)c2cccc(N)c2)nc2cc(C(=O)N3Cc4ccccc4C3)cnc21. The van der Waals surface area contributed by atoms with Crippen molar-refractivity contribution in [2.75, 3.05) is 24.8 Å². The van der Waals surface area contributed by atoms with Gasteiger partial charge in [-0.05, 0) is 41.8 Å². The van der Waals surface area contributed by atoms with Crippen molar-refractivity contribution in [2.45, 2.75) is 26.1 Å². The van der Waals surface area contributed by atoms with Gasteiger partial charge in [0, 0.05) is 50.8 Å². The number of ether oxygens (including phenoxy) is 1. The molecule has 35 heavy (non-hydrogen) atoms. The molecular formula is C26H26N6O3. The third kappa shape index (κ3) is 4.58. The molecule has 0 radical (unpaired) electrons. The van der Waals surface area contributed by atoms with E-state index >= 15 is 0 Å². The van der Waals surface area contributed by atoms with Crippen molar-refractivity contribution in [3.05, 3.63) is 83.0 Å². The summed E-state index contributed by atoms with van der Waals surface area (Å²) in [5.74, 6) is -0.0733. The molecule has 0 unspecified atom stereocenters. The number of aromatic nitrogens is 3. The molecule has 3 heterocycles. The number of rotatable bonds is 7. The number of carbonyl (C=O) groups is 2. The number of anilines is 2. The van der Waals surface area contributed by atoms with Gasteiger partial charge in [-0.1, -0.05) is 30.3 Å². The molecule has 0 atom stereocenters. The number of carbonyl (C=O) groups excluding carboxylic acids is 2. The minimum absolute atomic E-state index is 0.102. The predicted molar refractivity (Wildman–Crippen MR) is 133 cm³/mol. The van der Waals surface area contributed by atoms with Crippen LogP contribution in [-0.4, -0.2) is 45.0 Å². The molecule has 0 saturated carbocycles. The maximum Gasteiger partial charge on any atom is 0.258 e. The molecule has 2 aromatic heterocycles. The molecule has 0 saturated heterocycles. The highest BCUT2D eigenvalue weighted by molar-refractivity contribution is 6.04. The molecular weight excluding hydrogens is 444 g/mol. The fourth-order valence-corrected chi connectivity index (χ4v) is 4.32. The number of amides is 2. The molecule has 9 nitrogen and oxygen atoms in total. The molecule has 0 aliphatic carbocycles. The van der Waals surface area contributed by atoms with E-state index in [2.05, 4.69) is 15.3 Å². The molecule has 4 aromatic rings. The van der Waals surface area contributed by atoms with E-state index in [-0.39, 0.29) is 11.8 Å². The molecule has 1 aliphatic rings. The molecule has 0 fully saturated rings. The van der Waals surface area contributed by atoms with Crippen LogP contribution < -0.4 is 11.1 Å². The molecule has 3 N–H and O–H groups in total. The van der Waals surface area contributed by atoms with Crippen molar-refractivity contribution in [3.8, 4) is 0 Å². The van der Waals surface area contributed by atoms with E-state index < -0.39 is 0 Å². The van der Waals surface area contributed by atoms with E-state index in [1.54, 1.807) is 48.5 Å². The van der Waals surface area contributed by atoms with Crippen LogP contribution in [0.25, 0.3) is 11.2 Å². The molecule has 2 aromatic carbocycles. The summed E-state index contributed by atoms with van der Waals surface area (Å²) < 4.78 is 7.02. The predicted octanol–water partition coefficient (Wildman–Crippen LogP) is 3.46. The van der Waals surface area contributed by atoms with Gasteiger partial charge in [-0.15, -0.1) is 0 Å². The quantitative estimate of drug-likeness (QED) is 0.316. The summed E-state index contributed by atoms with van der Waals surface area (Å²) in [6.07, 6.45) is 2.28. The lowest BCUT2D eigenvalue weighted by molar-refractivity contribution is 0.0751. The fourth-order valence-electron chi connectivity index (χ4n) is 4.32. The van der Waals surface area contributed by atoms with Crippen molar-refractivity contribution in [1.82, 2.24) is 19.4 Å². The largest absolute Gasteiger partial charge is 0.399 e. The smallest absolute Gasteiger partial charge is 0.258 e. The number of benzene rings is 2. The summed E-state index contributed by atoms with van der Waals surface area (Å²) in [5, 5.41) is 2.87. The number of imidazole rings is 1. The van der Waals surface area contributed by atoms with Gasteiger partial charge in [0.15, 0.2) is 5.65 Å². The second-order valence-electron chi connectivity index (χ2n) is 8.51. The van der Waals surface area contributed by atoms with E-state index in [1.807, 2.05) is 28.8 Å². The second-order valence-corrected chi connectivity index (χ2v) is 8.51. The molecule has 178 valence electrons. The summed E-state index contributed by atoms with van der Waals surface area (Å²) >= 11 is 0. The van der Waals surface area contributed by atoms with Crippen molar-refractivity contribution in [2.24, 2.45) is 0 Å². The van der Waals surface area contributed by atoms with Crippen LogP contribution in [-0.2, 0) is 24.4 Å². The average molecular weight is 471 g/mol. The van der Waals surface area contributed by atoms with Crippen LogP contribution in [0.2, 0.25) is 0 Å². The minimum atomic E-state index is -0.327. The third-order valence-corrected chi connectivity index (χ3v) is 6.06. The first-order valence-corrected chi connectivity index (χ1v) is 11.4. The number of nitrogens with two attached hydrogens (primary N) is 1. The lowest BCUT2D eigenvalue weighted by Gasteiger charge is -2.15. The van der Waals surface area contributed by atoms with E-state index in [9.17, 15) is 9.59 Å². The monoisotopic (exact) mass is 470 g/mol. The van der Waals surface area contributed by atoms with Gasteiger partial charge >= 0.3 is 0 Å². The van der Waals surface area contributed by atoms with Gasteiger partial charge in [0.1, 0.15) is 5.52 Å². The average Bonchev–Trinajstić information content (AvgIpc) is 3.44. The Morgan fingerprint density at radius 1 is 1.06 bits per heavy atom. The highest BCUT2D eigenvalue weighted by atomic mass is 16.5. The van der Waals surface area contributed by atoms with Crippen LogP contribution in [0.15, 0.2) is 60.8 Å². The third-order valence-electron chi connectivity index (χ3n) is 6.06. The molecule has 0 bridgehead atoms. The Morgan fingerprint density at radius 2 is 1.83 bits per heavy atom. The number of pyridine rings is 1.